The van der Waals surface area contributed by atoms with Crippen LogP contribution in [0.1, 0.15) is 17.2 Å². The average molecular weight is 492 g/mol. The predicted molar refractivity (Wildman–Crippen MR) is 132 cm³/mol. The SMILES string of the molecule is COc1ccc(CO[C@@H]2[C@@H](COCc3ccccc3)[C@H](O)[C@H](O)[C@H]2n2cnc3c(N)ncnc32)cc1. The molecule has 10 nitrogen and oxygen atoms in total. The molecule has 4 N–H and O–H groups in total. The second-order valence-electron chi connectivity index (χ2n) is 8.84. The number of fused-ring (bicyclic) bond motifs is 1. The third-order valence-electron chi connectivity index (χ3n) is 6.63. The van der Waals surface area contributed by atoms with Gasteiger partial charge in [0, 0.05) is 5.92 Å². The number of benzene rings is 2. The van der Waals surface area contributed by atoms with Crippen molar-refractivity contribution in [2.75, 3.05) is 19.5 Å². The summed E-state index contributed by atoms with van der Waals surface area (Å²) in [5, 5.41) is 22.2. The number of rotatable bonds is 9. The van der Waals surface area contributed by atoms with Gasteiger partial charge in [0.2, 0.25) is 0 Å². The molecule has 188 valence electrons. The minimum atomic E-state index is -1.13. The van der Waals surface area contributed by atoms with Gasteiger partial charge in [-0.1, -0.05) is 42.5 Å². The average Bonchev–Trinajstić information content (AvgIpc) is 3.43. The van der Waals surface area contributed by atoms with Gasteiger partial charge in [0.05, 0.1) is 51.5 Å². The molecule has 10 heteroatoms. The van der Waals surface area contributed by atoms with E-state index >= 15 is 0 Å². The van der Waals surface area contributed by atoms with Gasteiger partial charge in [-0.15, -0.1) is 0 Å². The normalized spacial score (nSPS) is 23.8. The van der Waals surface area contributed by atoms with Crippen LogP contribution in [0.25, 0.3) is 11.2 Å². The molecule has 0 bridgehead atoms. The molecule has 2 aromatic heterocycles. The molecule has 0 aliphatic heterocycles. The van der Waals surface area contributed by atoms with E-state index < -0.39 is 30.3 Å². The Kier molecular flexibility index (Phi) is 7.10. The van der Waals surface area contributed by atoms with Gasteiger partial charge in [0.15, 0.2) is 11.5 Å². The molecule has 36 heavy (non-hydrogen) atoms. The number of methoxy groups -OCH3 is 1. The van der Waals surface area contributed by atoms with Crippen LogP contribution in [0.3, 0.4) is 0 Å². The standard InChI is InChI=1S/C26H29N5O5/c1-34-18-9-7-17(8-10-18)12-36-24-19(13-35-11-16-5-3-2-4-6-16)22(32)23(33)21(24)31-15-30-20-25(27)28-14-29-26(20)31/h2-10,14-15,19,21-24,32-33H,11-13H2,1H3,(H2,27,28,29)/t19-,21+,22-,23+,24+/m0/s1. The fourth-order valence-electron chi connectivity index (χ4n) is 4.73. The Labute approximate surface area is 208 Å². The molecule has 2 heterocycles. The van der Waals surface area contributed by atoms with E-state index in [1.165, 1.54) is 6.33 Å². The Morgan fingerprint density at radius 2 is 1.67 bits per heavy atom. The van der Waals surface area contributed by atoms with Crippen LogP contribution in [0.5, 0.6) is 5.75 Å². The molecule has 0 unspecified atom stereocenters. The minimum Gasteiger partial charge on any atom is -0.497 e. The molecule has 1 aliphatic carbocycles. The zero-order chi connectivity index (χ0) is 25.1. The molecular formula is C26H29N5O5. The molecule has 1 fully saturated rings. The van der Waals surface area contributed by atoms with E-state index in [1.807, 2.05) is 54.6 Å². The summed E-state index contributed by atoms with van der Waals surface area (Å²) < 4.78 is 19.3. The van der Waals surface area contributed by atoms with Crippen LogP contribution in [0, 0.1) is 5.92 Å². The smallest absolute Gasteiger partial charge is 0.165 e. The van der Waals surface area contributed by atoms with E-state index in [2.05, 4.69) is 15.0 Å². The number of nitrogen functional groups attached to an aromatic ring is 1. The summed E-state index contributed by atoms with van der Waals surface area (Å²) in [5.74, 6) is 0.492. The summed E-state index contributed by atoms with van der Waals surface area (Å²) in [6, 6.07) is 16.7. The Hall–Kier alpha value is -3.57. The number of nitrogens with zero attached hydrogens (tertiary/aromatic N) is 4. The highest BCUT2D eigenvalue weighted by Gasteiger charge is 2.51. The number of hydrogen-bond donors (Lipinski definition) is 3. The Bertz CT molecular complexity index is 1280. The maximum absolute atomic E-state index is 11.2. The van der Waals surface area contributed by atoms with Crippen molar-refractivity contribution in [2.45, 2.75) is 37.6 Å². The summed E-state index contributed by atoms with van der Waals surface area (Å²) in [7, 11) is 1.61. The van der Waals surface area contributed by atoms with Gasteiger partial charge in [-0.2, -0.15) is 0 Å². The van der Waals surface area contributed by atoms with Crippen LogP contribution in [0.15, 0.2) is 67.3 Å². The fraction of sp³-hybridized carbons (Fsp3) is 0.346. The first-order valence-electron chi connectivity index (χ1n) is 11.7. The first-order chi connectivity index (χ1) is 17.6. The minimum absolute atomic E-state index is 0.195. The monoisotopic (exact) mass is 491 g/mol. The van der Waals surface area contributed by atoms with Gasteiger partial charge in [0.25, 0.3) is 0 Å². The Balaban J connectivity index is 1.41. The first-order valence-corrected chi connectivity index (χ1v) is 11.7. The predicted octanol–water partition coefficient (Wildman–Crippen LogP) is 2.11. The summed E-state index contributed by atoms with van der Waals surface area (Å²) in [4.78, 5) is 12.7. The van der Waals surface area contributed by atoms with Crippen molar-refractivity contribution in [3.05, 3.63) is 78.4 Å². The Morgan fingerprint density at radius 1 is 0.917 bits per heavy atom. The van der Waals surface area contributed by atoms with Gasteiger partial charge < -0.3 is 34.7 Å². The zero-order valence-electron chi connectivity index (χ0n) is 19.8. The second kappa shape index (κ2) is 10.6. The maximum atomic E-state index is 11.2. The van der Waals surface area contributed by atoms with Gasteiger partial charge in [-0.25, -0.2) is 15.0 Å². The number of aliphatic hydroxyl groups excluding tert-OH is 2. The lowest BCUT2D eigenvalue weighted by Gasteiger charge is -2.27. The molecule has 2 aromatic carbocycles. The largest absolute Gasteiger partial charge is 0.497 e. The molecular weight excluding hydrogens is 462 g/mol. The van der Waals surface area contributed by atoms with E-state index in [0.717, 1.165) is 16.9 Å². The van der Waals surface area contributed by atoms with Gasteiger partial charge in [-0.05, 0) is 23.3 Å². The molecule has 0 saturated heterocycles. The molecule has 1 aliphatic rings. The highest BCUT2D eigenvalue weighted by molar-refractivity contribution is 5.81. The first kappa shape index (κ1) is 24.1. The maximum Gasteiger partial charge on any atom is 0.165 e. The summed E-state index contributed by atoms with van der Waals surface area (Å²) in [6.45, 7) is 0.845. The molecule has 5 rings (SSSR count). The van der Waals surface area contributed by atoms with E-state index in [1.54, 1.807) is 18.0 Å². The highest BCUT2D eigenvalue weighted by Crippen LogP contribution is 2.40. The molecule has 1 saturated carbocycles. The number of aromatic nitrogens is 4. The molecule has 0 amide bonds. The summed E-state index contributed by atoms with van der Waals surface area (Å²) in [5.41, 5.74) is 8.81. The van der Waals surface area contributed by atoms with Crippen LogP contribution in [-0.4, -0.2) is 61.8 Å². The van der Waals surface area contributed by atoms with Crippen LogP contribution in [0.2, 0.25) is 0 Å². The molecule has 0 spiro atoms. The highest BCUT2D eigenvalue weighted by atomic mass is 16.5. The Morgan fingerprint density at radius 3 is 2.42 bits per heavy atom. The van der Waals surface area contributed by atoms with Crippen molar-refractivity contribution in [3.63, 3.8) is 0 Å². The van der Waals surface area contributed by atoms with Crippen molar-refractivity contribution in [1.29, 1.82) is 0 Å². The zero-order valence-corrected chi connectivity index (χ0v) is 19.8. The van der Waals surface area contributed by atoms with Crippen molar-refractivity contribution in [1.82, 2.24) is 19.5 Å². The van der Waals surface area contributed by atoms with E-state index in [-0.39, 0.29) is 19.0 Å². The van der Waals surface area contributed by atoms with Gasteiger partial charge in [-0.3, -0.25) is 0 Å². The van der Waals surface area contributed by atoms with E-state index in [4.69, 9.17) is 19.9 Å². The number of hydrogen-bond acceptors (Lipinski definition) is 9. The molecule has 4 aromatic rings. The van der Waals surface area contributed by atoms with Crippen molar-refractivity contribution >= 4 is 17.0 Å². The van der Waals surface area contributed by atoms with Crippen LogP contribution >= 0.6 is 0 Å². The lowest BCUT2D eigenvalue weighted by atomic mass is 10.0. The van der Waals surface area contributed by atoms with Gasteiger partial charge >= 0.3 is 0 Å². The summed E-state index contributed by atoms with van der Waals surface area (Å²) >= 11 is 0. The third kappa shape index (κ3) is 4.76. The number of anilines is 1. The molecule has 5 atom stereocenters. The van der Waals surface area contributed by atoms with Crippen LogP contribution < -0.4 is 10.5 Å². The lowest BCUT2D eigenvalue weighted by Crippen LogP contribution is -2.33. The van der Waals surface area contributed by atoms with E-state index in [9.17, 15) is 10.2 Å². The second-order valence-corrected chi connectivity index (χ2v) is 8.84. The number of aliphatic hydroxyl groups is 2. The van der Waals surface area contributed by atoms with Crippen molar-refractivity contribution in [3.8, 4) is 5.75 Å². The van der Waals surface area contributed by atoms with Crippen LogP contribution in [0.4, 0.5) is 5.82 Å². The molecule has 0 radical (unpaired) electrons. The van der Waals surface area contributed by atoms with Gasteiger partial charge in [0.1, 0.15) is 23.7 Å². The lowest BCUT2D eigenvalue weighted by molar-refractivity contribution is -0.0568. The van der Waals surface area contributed by atoms with Crippen molar-refractivity contribution < 1.29 is 24.4 Å². The van der Waals surface area contributed by atoms with E-state index in [0.29, 0.717) is 17.8 Å². The number of ether oxygens (including phenoxy) is 3. The number of imidazole rings is 1. The van der Waals surface area contributed by atoms with Crippen molar-refractivity contribution in [2.24, 2.45) is 5.92 Å². The topological polar surface area (TPSA) is 138 Å². The van der Waals surface area contributed by atoms with Crippen LogP contribution in [-0.2, 0) is 22.7 Å². The summed E-state index contributed by atoms with van der Waals surface area (Å²) in [6.07, 6.45) is 0.0867. The number of nitrogens with two attached hydrogens (primary N) is 1. The third-order valence-corrected chi connectivity index (χ3v) is 6.63. The quantitative estimate of drug-likeness (QED) is 0.321. The fourth-order valence-corrected chi connectivity index (χ4v) is 4.73.